The highest BCUT2D eigenvalue weighted by molar-refractivity contribution is 7.26. The standard InChI is InChI=1S/C14H14N2O2S/c1-17-11-5-8-7-3-4-9(15)13(18-2)14(7)19-12(8)6-10(11)16/h3-6H,15-16H2,1-2H3. The molecule has 4 N–H and O–H groups in total. The van der Waals surface area contributed by atoms with Gasteiger partial charge in [-0.15, -0.1) is 11.3 Å². The smallest absolute Gasteiger partial charge is 0.159 e. The van der Waals surface area contributed by atoms with Crippen molar-refractivity contribution in [2.24, 2.45) is 0 Å². The van der Waals surface area contributed by atoms with Gasteiger partial charge >= 0.3 is 0 Å². The van der Waals surface area contributed by atoms with Crippen LogP contribution in [-0.2, 0) is 0 Å². The number of hydrogen-bond acceptors (Lipinski definition) is 5. The number of anilines is 2. The molecule has 1 heterocycles. The first-order valence-electron chi connectivity index (χ1n) is 5.78. The number of nitrogen functional groups attached to an aromatic ring is 2. The first-order chi connectivity index (χ1) is 9.15. The van der Waals surface area contributed by atoms with Crippen molar-refractivity contribution in [1.82, 2.24) is 0 Å². The number of fused-ring (bicyclic) bond motifs is 3. The number of hydrogen-bond donors (Lipinski definition) is 2. The molecule has 5 heteroatoms. The summed E-state index contributed by atoms with van der Waals surface area (Å²) in [5, 5.41) is 2.20. The Kier molecular flexibility index (Phi) is 2.64. The van der Waals surface area contributed by atoms with Gasteiger partial charge in [-0.25, -0.2) is 0 Å². The Balaban J connectivity index is 2.45. The lowest BCUT2D eigenvalue weighted by Gasteiger charge is -2.05. The van der Waals surface area contributed by atoms with Crippen molar-refractivity contribution in [2.75, 3.05) is 25.7 Å². The second-order valence-corrected chi connectivity index (χ2v) is 5.31. The third kappa shape index (κ3) is 1.66. The van der Waals surface area contributed by atoms with Gasteiger partial charge in [0.25, 0.3) is 0 Å². The van der Waals surface area contributed by atoms with Crippen LogP contribution in [0.25, 0.3) is 20.2 Å². The molecule has 3 rings (SSSR count). The molecule has 19 heavy (non-hydrogen) atoms. The Morgan fingerprint density at radius 3 is 2.42 bits per heavy atom. The van der Waals surface area contributed by atoms with Gasteiger partial charge in [-0.3, -0.25) is 0 Å². The molecule has 0 radical (unpaired) electrons. The molecule has 0 unspecified atom stereocenters. The van der Waals surface area contributed by atoms with Gasteiger partial charge in [0.1, 0.15) is 5.75 Å². The van der Waals surface area contributed by atoms with Crippen LogP contribution >= 0.6 is 11.3 Å². The number of thiophene rings is 1. The van der Waals surface area contributed by atoms with Gasteiger partial charge in [0.15, 0.2) is 5.75 Å². The molecule has 0 aliphatic carbocycles. The first kappa shape index (κ1) is 11.9. The van der Waals surface area contributed by atoms with Gasteiger partial charge < -0.3 is 20.9 Å². The quantitative estimate of drug-likeness (QED) is 0.704. The van der Waals surface area contributed by atoms with Crippen LogP contribution in [0.15, 0.2) is 24.3 Å². The van der Waals surface area contributed by atoms with Gasteiger partial charge in [0, 0.05) is 15.5 Å². The number of nitrogens with two attached hydrogens (primary N) is 2. The number of benzene rings is 2. The van der Waals surface area contributed by atoms with Gasteiger partial charge in [-0.2, -0.15) is 0 Å². The van der Waals surface area contributed by atoms with E-state index < -0.39 is 0 Å². The van der Waals surface area contributed by atoms with Crippen molar-refractivity contribution >= 4 is 42.9 Å². The largest absolute Gasteiger partial charge is 0.495 e. The fourth-order valence-electron chi connectivity index (χ4n) is 2.26. The summed E-state index contributed by atoms with van der Waals surface area (Å²) in [5.41, 5.74) is 13.2. The normalized spacial score (nSPS) is 11.1. The second kappa shape index (κ2) is 4.20. The van der Waals surface area contributed by atoms with Crippen LogP contribution in [0, 0.1) is 0 Å². The van der Waals surface area contributed by atoms with E-state index >= 15 is 0 Å². The van der Waals surface area contributed by atoms with Crippen molar-refractivity contribution in [3.8, 4) is 11.5 Å². The Morgan fingerprint density at radius 2 is 1.74 bits per heavy atom. The molecule has 0 aliphatic heterocycles. The summed E-state index contributed by atoms with van der Waals surface area (Å²) in [4.78, 5) is 0. The van der Waals surface area contributed by atoms with E-state index in [1.807, 2.05) is 24.3 Å². The van der Waals surface area contributed by atoms with E-state index in [4.69, 9.17) is 20.9 Å². The topological polar surface area (TPSA) is 70.5 Å². The summed E-state index contributed by atoms with van der Waals surface area (Å²) in [6.07, 6.45) is 0. The molecule has 0 amide bonds. The van der Waals surface area contributed by atoms with E-state index in [0.29, 0.717) is 17.1 Å². The molecule has 0 spiro atoms. The number of ether oxygens (including phenoxy) is 2. The Bertz CT molecular complexity index is 780. The summed E-state index contributed by atoms with van der Waals surface area (Å²) < 4.78 is 12.8. The lowest BCUT2D eigenvalue weighted by atomic mass is 10.1. The summed E-state index contributed by atoms with van der Waals surface area (Å²) in [7, 11) is 3.25. The van der Waals surface area contributed by atoms with Crippen molar-refractivity contribution in [1.29, 1.82) is 0 Å². The zero-order chi connectivity index (χ0) is 13.6. The van der Waals surface area contributed by atoms with Crippen molar-refractivity contribution in [3.05, 3.63) is 24.3 Å². The summed E-state index contributed by atoms with van der Waals surface area (Å²) >= 11 is 1.62. The monoisotopic (exact) mass is 274 g/mol. The van der Waals surface area contributed by atoms with E-state index in [1.165, 1.54) is 0 Å². The highest BCUT2D eigenvalue weighted by atomic mass is 32.1. The molecule has 0 saturated heterocycles. The summed E-state index contributed by atoms with van der Waals surface area (Å²) in [5.74, 6) is 1.40. The van der Waals surface area contributed by atoms with Crippen LogP contribution in [-0.4, -0.2) is 14.2 Å². The van der Waals surface area contributed by atoms with Gasteiger partial charge in [0.05, 0.1) is 30.3 Å². The van der Waals surface area contributed by atoms with Crippen LogP contribution in [0.3, 0.4) is 0 Å². The van der Waals surface area contributed by atoms with E-state index in [2.05, 4.69) is 0 Å². The summed E-state index contributed by atoms with van der Waals surface area (Å²) in [6, 6.07) is 7.74. The van der Waals surface area contributed by atoms with E-state index in [0.717, 1.165) is 25.9 Å². The zero-order valence-electron chi connectivity index (χ0n) is 10.7. The highest BCUT2D eigenvalue weighted by Gasteiger charge is 2.14. The van der Waals surface area contributed by atoms with E-state index in [9.17, 15) is 0 Å². The van der Waals surface area contributed by atoms with Gasteiger partial charge in [-0.1, -0.05) is 6.07 Å². The van der Waals surface area contributed by atoms with Crippen LogP contribution in [0.2, 0.25) is 0 Å². The van der Waals surface area contributed by atoms with Crippen LogP contribution in [0.4, 0.5) is 11.4 Å². The molecule has 98 valence electrons. The van der Waals surface area contributed by atoms with Crippen LogP contribution < -0.4 is 20.9 Å². The average molecular weight is 274 g/mol. The van der Waals surface area contributed by atoms with Gasteiger partial charge in [-0.05, 0) is 18.2 Å². The maximum atomic E-state index is 5.95. The number of methoxy groups -OCH3 is 2. The Morgan fingerprint density at radius 1 is 0.947 bits per heavy atom. The third-order valence-electron chi connectivity index (χ3n) is 3.18. The first-order valence-corrected chi connectivity index (χ1v) is 6.59. The fourth-order valence-corrected chi connectivity index (χ4v) is 3.53. The molecule has 0 saturated carbocycles. The SMILES string of the molecule is COc1cc2c(cc1N)sc1c(OC)c(N)ccc12. The second-order valence-electron chi connectivity index (χ2n) is 4.26. The molecule has 3 aromatic rings. The summed E-state index contributed by atoms with van der Waals surface area (Å²) in [6.45, 7) is 0. The minimum atomic E-state index is 0.633. The molecule has 0 fully saturated rings. The average Bonchev–Trinajstić information content (AvgIpc) is 2.74. The predicted molar refractivity (Wildman–Crippen MR) is 81.3 cm³/mol. The van der Waals surface area contributed by atoms with E-state index in [-0.39, 0.29) is 0 Å². The third-order valence-corrected chi connectivity index (χ3v) is 4.35. The molecule has 4 nitrogen and oxygen atoms in total. The fraction of sp³-hybridized carbons (Fsp3) is 0.143. The zero-order valence-corrected chi connectivity index (χ0v) is 11.5. The minimum Gasteiger partial charge on any atom is -0.495 e. The predicted octanol–water partition coefficient (Wildman–Crippen LogP) is 3.24. The molecule has 2 aromatic carbocycles. The van der Waals surface area contributed by atoms with Crippen molar-refractivity contribution < 1.29 is 9.47 Å². The molecule has 0 aliphatic rings. The Labute approximate surface area is 114 Å². The molecular formula is C14H14N2O2S. The molecular weight excluding hydrogens is 260 g/mol. The lowest BCUT2D eigenvalue weighted by Crippen LogP contribution is -1.92. The maximum absolute atomic E-state index is 5.95. The highest BCUT2D eigenvalue weighted by Crippen LogP contribution is 2.44. The molecule has 0 bridgehead atoms. The number of rotatable bonds is 2. The van der Waals surface area contributed by atoms with Crippen molar-refractivity contribution in [2.45, 2.75) is 0 Å². The molecule has 1 aromatic heterocycles. The van der Waals surface area contributed by atoms with Crippen LogP contribution in [0.5, 0.6) is 11.5 Å². The minimum absolute atomic E-state index is 0.633. The maximum Gasteiger partial charge on any atom is 0.159 e. The van der Waals surface area contributed by atoms with Crippen molar-refractivity contribution in [3.63, 3.8) is 0 Å². The van der Waals surface area contributed by atoms with Crippen LogP contribution in [0.1, 0.15) is 0 Å². The Hall–Kier alpha value is -2.14. The molecule has 0 atom stereocenters. The van der Waals surface area contributed by atoms with Gasteiger partial charge in [0.2, 0.25) is 0 Å². The lowest BCUT2D eigenvalue weighted by molar-refractivity contribution is 0.417. The van der Waals surface area contributed by atoms with E-state index in [1.54, 1.807) is 25.6 Å².